The first-order chi connectivity index (χ1) is 19.2. The van der Waals surface area contributed by atoms with E-state index in [9.17, 15) is 0 Å². The fraction of sp³-hybridized carbons (Fsp3) is 0.138. The second-order valence-corrected chi connectivity index (χ2v) is 9.23. The Kier molecular flexibility index (Phi) is 5.43. The van der Waals surface area contributed by atoms with Gasteiger partial charge in [0.15, 0.2) is 5.82 Å². The van der Waals surface area contributed by atoms with Crippen molar-refractivity contribution in [1.82, 2.24) is 39.5 Å². The quantitative estimate of drug-likeness (QED) is 0.335. The minimum atomic E-state index is -0.256. The average Bonchev–Trinajstić information content (AvgIpc) is 3.70. The molecule has 1 atom stereocenters. The van der Waals surface area contributed by atoms with Crippen molar-refractivity contribution in [1.29, 1.82) is 0 Å². The van der Waals surface area contributed by atoms with Crippen molar-refractivity contribution in [2.75, 3.05) is 11.9 Å². The Bertz CT molecular complexity index is 1810. The molecule has 3 aromatic carbocycles. The van der Waals surface area contributed by atoms with Crippen LogP contribution in [0.2, 0.25) is 0 Å². The lowest BCUT2D eigenvalue weighted by molar-refractivity contribution is 0.340. The number of allylic oxidation sites excluding steroid dienone is 1. The van der Waals surface area contributed by atoms with E-state index in [0.717, 1.165) is 50.8 Å². The first-order valence-electron chi connectivity index (χ1n) is 12.8. The van der Waals surface area contributed by atoms with Crippen molar-refractivity contribution in [2.24, 2.45) is 0 Å². The lowest BCUT2D eigenvalue weighted by Gasteiger charge is -2.25. The Hall–Kier alpha value is -5.25. The summed E-state index contributed by atoms with van der Waals surface area (Å²) >= 11 is 0. The summed E-state index contributed by atoms with van der Waals surface area (Å²) in [6, 6.07) is 25.8. The molecule has 1 aliphatic rings. The molecule has 0 amide bonds. The zero-order chi connectivity index (χ0) is 26.3. The normalized spacial score (nSPS) is 14.6. The summed E-state index contributed by atoms with van der Waals surface area (Å²) in [5.74, 6) is 2.28. The number of ether oxygens (including phenoxy) is 1. The largest absolute Gasteiger partial charge is 0.494 e. The molecule has 0 saturated carbocycles. The minimum absolute atomic E-state index is 0.256. The van der Waals surface area contributed by atoms with Crippen LogP contribution in [0.25, 0.3) is 28.2 Å². The molecule has 10 heteroatoms. The number of anilines is 1. The summed E-state index contributed by atoms with van der Waals surface area (Å²) in [5.41, 5.74) is 6.40. The van der Waals surface area contributed by atoms with Gasteiger partial charge in [-0.05, 0) is 74.0 Å². The van der Waals surface area contributed by atoms with Crippen molar-refractivity contribution in [2.45, 2.75) is 19.9 Å². The lowest BCUT2D eigenvalue weighted by atomic mass is 10.0. The van der Waals surface area contributed by atoms with Crippen molar-refractivity contribution in [3.8, 4) is 17.3 Å². The first-order valence-corrected chi connectivity index (χ1v) is 12.8. The molecule has 192 valence electrons. The van der Waals surface area contributed by atoms with Crippen LogP contribution in [0, 0.1) is 6.92 Å². The van der Waals surface area contributed by atoms with Crippen LogP contribution in [0.4, 0.5) is 5.95 Å². The predicted molar refractivity (Wildman–Crippen MR) is 148 cm³/mol. The number of aromatic nitrogens is 8. The van der Waals surface area contributed by atoms with Gasteiger partial charge in [0, 0.05) is 11.3 Å². The zero-order valence-corrected chi connectivity index (χ0v) is 21.4. The second kappa shape index (κ2) is 9.25. The highest BCUT2D eigenvalue weighted by atomic mass is 16.5. The van der Waals surface area contributed by atoms with Crippen molar-refractivity contribution in [3.05, 3.63) is 108 Å². The minimum Gasteiger partial charge on any atom is -0.494 e. The molecule has 7 rings (SSSR count). The van der Waals surface area contributed by atoms with E-state index in [1.807, 2.05) is 107 Å². The van der Waals surface area contributed by atoms with Crippen LogP contribution in [-0.4, -0.2) is 46.1 Å². The van der Waals surface area contributed by atoms with Gasteiger partial charge in [0.2, 0.25) is 5.95 Å². The number of benzene rings is 3. The highest BCUT2D eigenvalue weighted by molar-refractivity contribution is 5.79. The molecule has 0 aliphatic carbocycles. The summed E-state index contributed by atoms with van der Waals surface area (Å²) < 4.78 is 11.5. The fourth-order valence-electron chi connectivity index (χ4n) is 5.08. The third kappa shape index (κ3) is 3.84. The Balaban J connectivity index is 1.45. The maximum Gasteiger partial charge on any atom is 0.229 e. The van der Waals surface area contributed by atoms with Gasteiger partial charge in [-0.2, -0.15) is 9.78 Å². The Morgan fingerprint density at radius 1 is 0.897 bits per heavy atom. The smallest absolute Gasteiger partial charge is 0.229 e. The third-order valence-corrected chi connectivity index (χ3v) is 6.85. The molecule has 0 fully saturated rings. The molecular weight excluding hydrogens is 490 g/mol. The zero-order valence-electron chi connectivity index (χ0n) is 21.4. The van der Waals surface area contributed by atoms with Crippen molar-refractivity contribution < 1.29 is 4.74 Å². The summed E-state index contributed by atoms with van der Waals surface area (Å²) in [6.07, 6.45) is 3.91. The molecule has 6 aromatic rings. The van der Waals surface area contributed by atoms with Gasteiger partial charge in [0.05, 0.1) is 29.5 Å². The molecule has 10 nitrogen and oxygen atoms in total. The molecule has 1 aliphatic heterocycles. The second-order valence-electron chi connectivity index (χ2n) is 9.23. The van der Waals surface area contributed by atoms with E-state index < -0.39 is 0 Å². The average molecular weight is 516 g/mol. The number of rotatable bonds is 6. The Morgan fingerprint density at radius 3 is 2.51 bits per heavy atom. The van der Waals surface area contributed by atoms with Crippen LogP contribution < -0.4 is 10.1 Å². The summed E-state index contributed by atoms with van der Waals surface area (Å²) in [4.78, 5) is 0. The molecule has 3 aromatic heterocycles. The molecular formula is C29H25N9O. The third-order valence-electron chi connectivity index (χ3n) is 6.85. The van der Waals surface area contributed by atoms with E-state index in [1.165, 1.54) is 0 Å². The Labute approximate surface area is 224 Å². The van der Waals surface area contributed by atoms with Crippen LogP contribution >= 0.6 is 0 Å². The van der Waals surface area contributed by atoms with Gasteiger partial charge in [0.25, 0.3) is 0 Å². The number of aryl methyl sites for hydroxylation is 1. The molecule has 39 heavy (non-hydrogen) atoms. The van der Waals surface area contributed by atoms with Crippen LogP contribution in [0.15, 0.2) is 91.3 Å². The van der Waals surface area contributed by atoms with E-state index in [-0.39, 0.29) is 6.04 Å². The van der Waals surface area contributed by atoms with Gasteiger partial charge in [-0.25, -0.2) is 4.68 Å². The number of nitrogens with zero attached hydrogens (tertiary/aromatic N) is 8. The number of fused-ring (bicyclic) bond motifs is 2. The lowest BCUT2D eigenvalue weighted by Crippen LogP contribution is -2.21. The van der Waals surface area contributed by atoms with E-state index in [0.29, 0.717) is 12.6 Å². The number of para-hydroxylation sites is 2. The molecule has 0 bridgehead atoms. The maximum atomic E-state index is 5.64. The first kappa shape index (κ1) is 22.9. The molecule has 1 N–H and O–H groups in total. The molecule has 1 unspecified atom stereocenters. The monoisotopic (exact) mass is 515 g/mol. The van der Waals surface area contributed by atoms with Crippen LogP contribution in [0.5, 0.6) is 5.75 Å². The Morgan fingerprint density at radius 2 is 1.69 bits per heavy atom. The SMILES string of the molecule is CCOc1ccc(C2=CC(c3c(C)nn(-c4ccccc4)c3-n3nnc4ccccc43)n3cnnc3N2)cc1. The molecule has 0 radical (unpaired) electrons. The standard InChI is InChI=1S/C29H25N9O/c1-3-39-22-15-13-20(14-16-22)24-17-26(36-18-30-33-29(36)31-24)27-19(2)34-37(21-9-5-4-6-10-21)28(27)38-25-12-8-7-11-23(25)32-35-38/h4-18,26H,3H2,1-2H3,(H,31,33). The van der Waals surface area contributed by atoms with Gasteiger partial charge in [-0.15, -0.1) is 15.3 Å². The highest BCUT2D eigenvalue weighted by Crippen LogP contribution is 2.38. The van der Waals surface area contributed by atoms with Gasteiger partial charge in [0.1, 0.15) is 17.6 Å². The highest BCUT2D eigenvalue weighted by Gasteiger charge is 2.31. The van der Waals surface area contributed by atoms with Crippen LogP contribution in [0.3, 0.4) is 0 Å². The van der Waals surface area contributed by atoms with Gasteiger partial charge >= 0.3 is 0 Å². The van der Waals surface area contributed by atoms with Gasteiger partial charge in [-0.3, -0.25) is 4.57 Å². The van der Waals surface area contributed by atoms with Crippen LogP contribution in [0.1, 0.15) is 29.8 Å². The fourth-order valence-corrected chi connectivity index (χ4v) is 5.08. The van der Waals surface area contributed by atoms with E-state index in [1.54, 1.807) is 6.33 Å². The summed E-state index contributed by atoms with van der Waals surface area (Å²) in [6.45, 7) is 4.62. The summed E-state index contributed by atoms with van der Waals surface area (Å²) in [7, 11) is 0. The van der Waals surface area contributed by atoms with Crippen molar-refractivity contribution >= 4 is 22.7 Å². The van der Waals surface area contributed by atoms with Crippen molar-refractivity contribution in [3.63, 3.8) is 0 Å². The van der Waals surface area contributed by atoms with E-state index >= 15 is 0 Å². The number of hydrogen-bond acceptors (Lipinski definition) is 7. The number of hydrogen-bond donors (Lipinski definition) is 1. The van der Waals surface area contributed by atoms with Gasteiger partial charge in [-0.1, -0.05) is 35.5 Å². The topological polar surface area (TPSA) is 101 Å². The predicted octanol–water partition coefficient (Wildman–Crippen LogP) is 4.96. The summed E-state index contributed by atoms with van der Waals surface area (Å²) in [5, 5.41) is 26.1. The van der Waals surface area contributed by atoms with E-state index in [2.05, 4.69) is 31.9 Å². The van der Waals surface area contributed by atoms with E-state index in [4.69, 9.17) is 9.84 Å². The molecule has 0 saturated heterocycles. The molecule has 0 spiro atoms. The maximum absolute atomic E-state index is 5.64. The van der Waals surface area contributed by atoms with Gasteiger partial charge < -0.3 is 10.1 Å². The number of nitrogens with one attached hydrogen (secondary N) is 1. The van der Waals surface area contributed by atoms with Crippen LogP contribution in [-0.2, 0) is 0 Å². The molecule has 4 heterocycles.